The van der Waals surface area contributed by atoms with Crippen LogP contribution in [0.4, 0.5) is 0 Å². The summed E-state index contributed by atoms with van der Waals surface area (Å²) in [5.41, 5.74) is 0. The summed E-state index contributed by atoms with van der Waals surface area (Å²) in [6, 6.07) is -0.863. The number of nitrogens with one attached hydrogen (secondary N) is 1. The van der Waals surface area contributed by atoms with Gasteiger partial charge >= 0.3 is 13.8 Å². The molecule has 0 radical (unpaired) electrons. The molecule has 0 saturated carbocycles. The molecule has 3 unspecified atom stereocenters. The Morgan fingerprint density at radius 1 is 0.480 bits per heavy atom. The van der Waals surface area contributed by atoms with Crippen molar-refractivity contribution in [2.24, 2.45) is 0 Å². The van der Waals surface area contributed by atoms with Gasteiger partial charge in [0, 0.05) is 12.8 Å². The summed E-state index contributed by atoms with van der Waals surface area (Å²) in [7, 11) is 1.47. The number of allylic oxidation sites excluding steroid dienone is 15. The minimum absolute atomic E-state index is 0.0319. The van der Waals surface area contributed by atoms with Crippen LogP contribution in [0.3, 0.4) is 0 Å². The number of quaternary nitrogens is 1. The molecule has 0 aromatic rings. The van der Waals surface area contributed by atoms with Crippen LogP contribution in [0.5, 0.6) is 0 Å². The Kier molecular flexibility index (Phi) is 52.1. The third-order valence-electron chi connectivity index (χ3n) is 13.0. The molecule has 0 aliphatic rings. The van der Waals surface area contributed by atoms with E-state index in [1.54, 1.807) is 0 Å². The smallest absolute Gasteiger partial charge is 0.456 e. The lowest BCUT2D eigenvalue weighted by atomic mass is 10.0. The Hall–Kier alpha value is -3.07. The lowest BCUT2D eigenvalue weighted by Gasteiger charge is -2.27. The van der Waals surface area contributed by atoms with Gasteiger partial charge in [-0.15, -0.1) is 0 Å². The highest BCUT2D eigenvalue weighted by molar-refractivity contribution is 7.47. The molecule has 2 N–H and O–H groups in total. The first-order valence-electron chi connectivity index (χ1n) is 30.6. The minimum atomic E-state index is -4.45. The second kappa shape index (κ2) is 54.3. The predicted octanol–water partition coefficient (Wildman–Crippen LogP) is 18.8. The number of hydrogen-bond acceptors (Lipinski definition) is 6. The van der Waals surface area contributed by atoms with Gasteiger partial charge in [0.25, 0.3) is 0 Å². The lowest BCUT2D eigenvalue weighted by molar-refractivity contribution is -0.870. The molecule has 0 fully saturated rings. The average molecular weight is 1070 g/mol. The van der Waals surface area contributed by atoms with Crippen LogP contribution in [0.25, 0.3) is 0 Å². The standard InChI is InChI=1S/C65H115N2O7P/c1-7-10-13-16-19-22-25-27-28-29-30-31-32-33-34-35-36-37-38-40-43-46-49-52-55-58-65(69)74-63(56-53-50-47-44-42-39-26-23-20-17-14-11-8-2)62(61-73-75(70,71)72-60-59-67(4,5)6)66-64(68)57-54-51-48-45-41-24-21-18-15-12-9-3/h10,13,18-19,21-22,27-28,30-31,33-34,36-37,53,56,62-63H,7-9,11-12,14-17,20,23-26,29,32,35,38-52,54-55,57-61H2,1-6H3,(H-,66,68,70,71)/p+1/b13-10-,21-18-,22-19-,28-27-,31-30-,34-33-,37-36-,56-53-. The molecular formula is C65H116N2O7P+. The van der Waals surface area contributed by atoms with Crippen molar-refractivity contribution in [1.29, 1.82) is 0 Å². The summed E-state index contributed by atoms with van der Waals surface area (Å²) in [6.45, 7) is 6.83. The van der Waals surface area contributed by atoms with Crippen molar-refractivity contribution < 1.29 is 37.3 Å². The van der Waals surface area contributed by atoms with E-state index in [9.17, 15) is 19.0 Å². The molecule has 10 heteroatoms. The topological polar surface area (TPSA) is 111 Å². The highest BCUT2D eigenvalue weighted by Crippen LogP contribution is 2.43. The van der Waals surface area contributed by atoms with Gasteiger partial charge in [0.05, 0.1) is 33.8 Å². The van der Waals surface area contributed by atoms with Crippen LogP contribution in [0.2, 0.25) is 0 Å². The normalized spacial score (nSPS) is 14.4. The van der Waals surface area contributed by atoms with E-state index in [-0.39, 0.29) is 31.5 Å². The highest BCUT2D eigenvalue weighted by Gasteiger charge is 2.30. The Labute approximate surface area is 462 Å². The van der Waals surface area contributed by atoms with E-state index in [1.165, 1.54) is 70.6 Å². The predicted molar refractivity (Wildman–Crippen MR) is 323 cm³/mol. The first-order valence-corrected chi connectivity index (χ1v) is 32.1. The number of carbonyl (C=O) groups excluding carboxylic acids is 2. The molecule has 0 heterocycles. The largest absolute Gasteiger partial charge is 0.472 e. The molecule has 0 rings (SSSR count). The van der Waals surface area contributed by atoms with Crippen molar-refractivity contribution >= 4 is 19.7 Å². The number of rotatable bonds is 54. The fourth-order valence-corrected chi connectivity index (χ4v) is 9.01. The number of nitrogens with zero attached hydrogens (tertiary/aromatic N) is 1. The number of ether oxygens (including phenoxy) is 1. The number of phosphoric acid groups is 1. The first-order chi connectivity index (χ1) is 36.4. The highest BCUT2D eigenvalue weighted by atomic mass is 31.2. The number of phosphoric ester groups is 1. The van der Waals surface area contributed by atoms with Gasteiger partial charge in [-0.3, -0.25) is 18.6 Å². The van der Waals surface area contributed by atoms with Gasteiger partial charge in [0.15, 0.2) is 0 Å². The average Bonchev–Trinajstić information content (AvgIpc) is 3.37. The van der Waals surface area contributed by atoms with Crippen molar-refractivity contribution in [2.45, 2.75) is 264 Å². The molecular weight excluding hydrogens is 952 g/mol. The Morgan fingerprint density at radius 3 is 1.33 bits per heavy atom. The summed E-state index contributed by atoms with van der Waals surface area (Å²) in [4.78, 5) is 37.6. The monoisotopic (exact) mass is 1070 g/mol. The molecule has 75 heavy (non-hydrogen) atoms. The van der Waals surface area contributed by atoms with E-state index in [1.807, 2.05) is 33.3 Å². The summed E-state index contributed by atoms with van der Waals surface area (Å²) >= 11 is 0. The second-order valence-corrected chi connectivity index (χ2v) is 22.9. The molecule has 3 atom stereocenters. The van der Waals surface area contributed by atoms with Crippen molar-refractivity contribution in [3.8, 4) is 0 Å². The second-order valence-electron chi connectivity index (χ2n) is 21.5. The van der Waals surface area contributed by atoms with Crippen LogP contribution >= 0.6 is 7.82 Å². The minimum Gasteiger partial charge on any atom is -0.456 e. The van der Waals surface area contributed by atoms with Gasteiger partial charge in [-0.1, -0.05) is 234 Å². The number of likely N-dealkylation sites (N-methyl/N-ethyl adjacent to an activating group) is 1. The maximum atomic E-state index is 13.5. The number of hydrogen-bond donors (Lipinski definition) is 2. The Morgan fingerprint density at radius 2 is 0.867 bits per heavy atom. The summed E-state index contributed by atoms with van der Waals surface area (Å²) in [5, 5.41) is 3.04. The number of esters is 1. The fourth-order valence-electron chi connectivity index (χ4n) is 8.28. The van der Waals surface area contributed by atoms with E-state index in [4.69, 9.17) is 13.8 Å². The van der Waals surface area contributed by atoms with Crippen molar-refractivity contribution in [3.63, 3.8) is 0 Å². The van der Waals surface area contributed by atoms with Gasteiger partial charge < -0.3 is 19.4 Å². The van der Waals surface area contributed by atoms with Crippen molar-refractivity contribution in [2.75, 3.05) is 40.9 Å². The molecule has 0 saturated heterocycles. The van der Waals surface area contributed by atoms with E-state index < -0.39 is 20.0 Å². The summed E-state index contributed by atoms with van der Waals surface area (Å²) in [6.07, 6.45) is 72.6. The molecule has 432 valence electrons. The van der Waals surface area contributed by atoms with Gasteiger partial charge in [-0.2, -0.15) is 0 Å². The van der Waals surface area contributed by atoms with Crippen molar-refractivity contribution in [1.82, 2.24) is 5.32 Å². The van der Waals surface area contributed by atoms with Crippen LogP contribution < -0.4 is 5.32 Å². The Bertz CT molecular complexity index is 1610. The molecule has 0 aromatic heterocycles. The quantitative estimate of drug-likeness (QED) is 0.0205. The molecule has 1 amide bonds. The van der Waals surface area contributed by atoms with Gasteiger partial charge in [0.1, 0.15) is 19.3 Å². The maximum absolute atomic E-state index is 13.5. The zero-order valence-electron chi connectivity index (χ0n) is 49.3. The summed E-state index contributed by atoms with van der Waals surface area (Å²) < 4.78 is 30.6. The SMILES string of the molecule is CC/C=C\C/C=C\C/C=C\C/C=C\C/C=C\C/C=C\CCCCCCCCC(=O)OC(/C=C\CCCCCCCCCCCCC)C(COP(=O)(O)OCC[N+](C)(C)C)NC(=O)CCCCCCC/C=C\CCCC. The van der Waals surface area contributed by atoms with Crippen LogP contribution in [0.1, 0.15) is 252 Å². The molecule has 0 aromatic carbocycles. The Balaban J connectivity index is 5.22. The van der Waals surface area contributed by atoms with Gasteiger partial charge in [0.2, 0.25) is 5.91 Å². The molecule has 0 bridgehead atoms. The molecule has 9 nitrogen and oxygen atoms in total. The number of unbranched alkanes of at least 4 members (excludes halogenated alkanes) is 24. The zero-order valence-corrected chi connectivity index (χ0v) is 50.2. The van der Waals surface area contributed by atoms with Crippen LogP contribution in [0, 0.1) is 0 Å². The third-order valence-corrected chi connectivity index (χ3v) is 14.0. The zero-order chi connectivity index (χ0) is 55.0. The van der Waals surface area contributed by atoms with E-state index in [2.05, 4.69) is 111 Å². The van der Waals surface area contributed by atoms with Crippen molar-refractivity contribution in [3.05, 3.63) is 97.2 Å². The fraction of sp³-hybridized carbons (Fsp3) is 0.723. The lowest BCUT2D eigenvalue weighted by Crippen LogP contribution is -2.47. The number of carbonyl (C=O) groups is 2. The van der Waals surface area contributed by atoms with Crippen LogP contribution in [-0.4, -0.2) is 74.3 Å². The molecule has 0 aliphatic carbocycles. The molecule has 0 spiro atoms. The van der Waals surface area contributed by atoms with E-state index >= 15 is 0 Å². The van der Waals surface area contributed by atoms with Gasteiger partial charge in [-0.05, 0) is 102 Å². The first kappa shape index (κ1) is 71.9. The van der Waals surface area contributed by atoms with E-state index in [0.29, 0.717) is 17.4 Å². The summed E-state index contributed by atoms with van der Waals surface area (Å²) in [5.74, 6) is -0.537. The van der Waals surface area contributed by atoms with Crippen LogP contribution in [0.15, 0.2) is 97.2 Å². The van der Waals surface area contributed by atoms with Gasteiger partial charge in [-0.25, -0.2) is 4.57 Å². The number of amides is 1. The molecule has 0 aliphatic heterocycles. The van der Waals surface area contributed by atoms with E-state index in [0.717, 1.165) is 148 Å². The maximum Gasteiger partial charge on any atom is 0.472 e. The third kappa shape index (κ3) is 55.5. The van der Waals surface area contributed by atoms with Crippen LogP contribution in [-0.2, 0) is 27.9 Å².